The number of rotatable bonds is 4. The van der Waals surface area contributed by atoms with E-state index in [1.807, 2.05) is 20.8 Å². The van der Waals surface area contributed by atoms with E-state index in [-0.39, 0.29) is 22.3 Å². The average Bonchev–Trinajstić information content (AvgIpc) is 2.13. The molecule has 0 bridgehead atoms. The smallest absolute Gasteiger partial charge is 0.316 e. The summed E-state index contributed by atoms with van der Waals surface area (Å²) in [5.74, 6) is -0.246. The van der Waals surface area contributed by atoms with Gasteiger partial charge in [0.2, 0.25) is 0 Å². The molecule has 0 N–H and O–H groups in total. The van der Waals surface area contributed by atoms with E-state index in [1.54, 1.807) is 0 Å². The van der Waals surface area contributed by atoms with Crippen molar-refractivity contribution >= 4 is 22.8 Å². The van der Waals surface area contributed by atoms with Crippen LogP contribution >= 0.6 is 11.8 Å². The van der Waals surface area contributed by atoms with Crippen LogP contribution in [0, 0.1) is 5.41 Å². The largest absolute Gasteiger partial charge is 0.468 e. The lowest BCUT2D eigenvalue weighted by molar-refractivity contribution is -0.137. The van der Waals surface area contributed by atoms with Crippen LogP contribution in [0.25, 0.3) is 0 Å². The Labute approximate surface area is 83.2 Å². The van der Waals surface area contributed by atoms with Gasteiger partial charge in [-0.05, 0) is 6.42 Å². The Morgan fingerprint density at radius 2 is 1.92 bits per heavy atom. The molecule has 0 rings (SSSR count). The summed E-state index contributed by atoms with van der Waals surface area (Å²) in [6, 6.07) is 0. The van der Waals surface area contributed by atoms with E-state index in [9.17, 15) is 9.59 Å². The van der Waals surface area contributed by atoms with Crippen molar-refractivity contribution in [2.75, 3.05) is 12.9 Å². The number of carbonyl (C=O) groups excluding carboxylic acids is 2. The molecule has 0 aromatic rings. The van der Waals surface area contributed by atoms with Gasteiger partial charge in [0.05, 0.1) is 12.9 Å². The zero-order valence-corrected chi connectivity index (χ0v) is 9.36. The summed E-state index contributed by atoms with van der Waals surface area (Å²) in [5, 5.41) is 0.0420. The van der Waals surface area contributed by atoms with Crippen molar-refractivity contribution in [1.82, 2.24) is 0 Å². The first-order chi connectivity index (χ1) is 5.94. The molecule has 0 saturated heterocycles. The molecule has 0 heterocycles. The number of carbonyl (C=O) groups is 2. The molecule has 0 atom stereocenters. The van der Waals surface area contributed by atoms with Crippen LogP contribution in [-0.2, 0) is 14.3 Å². The first kappa shape index (κ1) is 12.5. The third kappa shape index (κ3) is 4.31. The molecule has 0 aliphatic carbocycles. The van der Waals surface area contributed by atoms with Crippen LogP contribution in [0.5, 0.6) is 0 Å². The lowest BCUT2D eigenvalue weighted by Crippen LogP contribution is -2.21. The monoisotopic (exact) mass is 204 g/mol. The normalized spacial score (nSPS) is 11.1. The Morgan fingerprint density at radius 3 is 2.31 bits per heavy atom. The fraction of sp³-hybridized carbons (Fsp3) is 0.778. The number of methoxy groups -OCH3 is 1. The van der Waals surface area contributed by atoms with E-state index >= 15 is 0 Å². The van der Waals surface area contributed by atoms with Crippen molar-refractivity contribution in [3.8, 4) is 0 Å². The van der Waals surface area contributed by atoms with Gasteiger partial charge in [0.1, 0.15) is 0 Å². The van der Waals surface area contributed by atoms with E-state index < -0.39 is 0 Å². The second-order valence-corrected chi connectivity index (χ2v) is 4.34. The van der Waals surface area contributed by atoms with Crippen molar-refractivity contribution in [1.29, 1.82) is 0 Å². The molecule has 0 aromatic carbocycles. The molecule has 0 fully saturated rings. The molecule has 76 valence electrons. The van der Waals surface area contributed by atoms with Crippen LogP contribution in [-0.4, -0.2) is 23.9 Å². The predicted octanol–water partition coefficient (Wildman–Crippen LogP) is 1.86. The third-order valence-corrected chi connectivity index (χ3v) is 3.18. The van der Waals surface area contributed by atoms with E-state index in [4.69, 9.17) is 0 Å². The fourth-order valence-electron chi connectivity index (χ4n) is 0.523. The van der Waals surface area contributed by atoms with Gasteiger partial charge in [0.25, 0.3) is 0 Å². The second-order valence-electron chi connectivity index (χ2n) is 3.39. The summed E-state index contributed by atoms with van der Waals surface area (Å²) in [6.07, 6.45) is 0.778. The van der Waals surface area contributed by atoms with Crippen LogP contribution in [0.4, 0.5) is 0 Å². The number of hydrogen-bond acceptors (Lipinski definition) is 4. The van der Waals surface area contributed by atoms with Crippen molar-refractivity contribution in [2.24, 2.45) is 5.41 Å². The zero-order chi connectivity index (χ0) is 10.5. The van der Waals surface area contributed by atoms with Gasteiger partial charge in [0.15, 0.2) is 5.12 Å². The van der Waals surface area contributed by atoms with Gasteiger partial charge >= 0.3 is 5.97 Å². The molecule has 0 amide bonds. The van der Waals surface area contributed by atoms with Crippen molar-refractivity contribution in [2.45, 2.75) is 27.2 Å². The van der Waals surface area contributed by atoms with Crippen molar-refractivity contribution in [3.63, 3.8) is 0 Å². The lowest BCUT2D eigenvalue weighted by atomic mass is 9.92. The predicted molar refractivity (Wildman–Crippen MR) is 53.6 cm³/mol. The summed E-state index contributed by atoms with van der Waals surface area (Å²) < 4.78 is 4.43. The highest BCUT2D eigenvalue weighted by molar-refractivity contribution is 8.14. The summed E-state index contributed by atoms with van der Waals surface area (Å²) in [6.45, 7) is 5.70. The number of esters is 1. The molecule has 0 spiro atoms. The molecule has 0 aromatic heterocycles. The Kier molecular flexibility index (Phi) is 5.06. The SMILES string of the molecule is CCC(C)(C)C(=O)SCC(=O)OC. The van der Waals surface area contributed by atoms with Gasteiger partial charge in [-0.3, -0.25) is 9.59 Å². The molecule has 0 unspecified atom stereocenters. The minimum absolute atomic E-state index is 0.0420. The Balaban J connectivity index is 3.95. The average molecular weight is 204 g/mol. The maximum absolute atomic E-state index is 11.5. The van der Waals surface area contributed by atoms with E-state index in [2.05, 4.69) is 4.74 Å². The van der Waals surface area contributed by atoms with Crippen LogP contribution in [0.3, 0.4) is 0 Å². The van der Waals surface area contributed by atoms with Gasteiger partial charge in [-0.25, -0.2) is 0 Å². The zero-order valence-electron chi connectivity index (χ0n) is 8.55. The van der Waals surface area contributed by atoms with E-state index in [0.717, 1.165) is 18.2 Å². The second kappa shape index (κ2) is 5.27. The minimum atomic E-state index is -0.356. The molecule has 13 heavy (non-hydrogen) atoms. The van der Waals surface area contributed by atoms with E-state index in [0.29, 0.717) is 0 Å². The Hall–Kier alpha value is -0.510. The molecular formula is C9H16O3S. The van der Waals surface area contributed by atoms with Gasteiger partial charge in [-0.15, -0.1) is 0 Å². The summed E-state index contributed by atoms with van der Waals surface area (Å²) in [4.78, 5) is 22.2. The van der Waals surface area contributed by atoms with E-state index in [1.165, 1.54) is 7.11 Å². The summed E-state index contributed by atoms with van der Waals surface area (Å²) in [5.41, 5.74) is -0.349. The molecule has 0 aliphatic heterocycles. The highest BCUT2D eigenvalue weighted by Crippen LogP contribution is 2.27. The van der Waals surface area contributed by atoms with Gasteiger partial charge in [-0.2, -0.15) is 0 Å². The van der Waals surface area contributed by atoms with Gasteiger partial charge in [-0.1, -0.05) is 32.5 Å². The fourth-order valence-corrected chi connectivity index (χ4v) is 1.42. The van der Waals surface area contributed by atoms with Crippen LogP contribution < -0.4 is 0 Å². The first-order valence-corrected chi connectivity index (χ1v) is 5.16. The highest BCUT2D eigenvalue weighted by Gasteiger charge is 2.26. The molecular weight excluding hydrogens is 188 g/mol. The number of hydrogen-bond donors (Lipinski definition) is 0. The van der Waals surface area contributed by atoms with Crippen LogP contribution in [0.1, 0.15) is 27.2 Å². The van der Waals surface area contributed by atoms with Gasteiger partial charge in [0, 0.05) is 5.41 Å². The lowest BCUT2D eigenvalue weighted by Gasteiger charge is -2.19. The maximum atomic E-state index is 11.5. The number of thioether (sulfide) groups is 1. The third-order valence-electron chi connectivity index (χ3n) is 1.99. The molecule has 0 radical (unpaired) electrons. The van der Waals surface area contributed by atoms with Crippen LogP contribution in [0.15, 0.2) is 0 Å². The minimum Gasteiger partial charge on any atom is -0.468 e. The van der Waals surface area contributed by atoms with Crippen molar-refractivity contribution < 1.29 is 14.3 Å². The highest BCUT2D eigenvalue weighted by atomic mass is 32.2. The Morgan fingerprint density at radius 1 is 1.38 bits per heavy atom. The molecule has 4 heteroatoms. The van der Waals surface area contributed by atoms with Gasteiger partial charge < -0.3 is 4.74 Å². The van der Waals surface area contributed by atoms with Crippen LogP contribution in [0.2, 0.25) is 0 Å². The Bertz CT molecular complexity index is 199. The topological polar surface area (TPSA) is 43.4 Å². The number of ether oxygens (including phenoxy) is 1. The first-order valence-electron chi connectivity index (χ1n) is 4.18. The van der Waals surface area contributed by atoms with Crippen molar-refractivity contribution in [3.05, 3.63) is 0 Å². The summed E-state index contributed by atoms with van der Waals surface area (Å²) in [7, 11) is 1.32. The summed E-state index contributed by atoms with van der Waals surface area (Å²) >= 11 is 1.03. The molecule has 0 saturated carbocycles. The standard InChI is InChI=1S/C9H16O3S/c1-5-9(2,3)8(11)13-6-7(10)12-4/h5-6H2,1-4H3. The maximum Gasteiger partial charge on any atom is 0.316 e. The molecule has 0 aliphatic rings. The molecule has 3 nitrogen and oxygen atoms in total. The quantitative estimate of drug-likeness (QED) is 0.655.